The van der Waals surface area contributed by atoms with Crippen molar-refractivity contribution in [2.75, 3.05) is 13.1 Å². The van der Waals surface area contributed by atoms with E-state index in [0.29, 0.717) is 25.3 Å². The van der Waals surface area contributed by atoms with Gasteiger partial charge in [0.15, 0.2) is 0 Å². The van der Waals surface area contributed by atoms with Crippen LogP contribution in [0.1, 0.15) is 46.5 Å². The minimum absolute atomic E-state index is 0.123. The molecule has 5 heteroatoms. The van der Waals surface area contributed by atoms with Gasteiger partial charge in [0.25, 0.3) is 0 Å². The molecule has 0 radical (unpaired) electrons. The maximum absolute atomic E-state index is 12.1. The van der Waals surface area contributed by atoms with Crippen molar-refractivity contribution >= 4 is 11.9 Å². The fraction of sp³-hybridized carbons (Fsp3) is 0.867. The SMILES string of the molecule is CC1CCC(CNC(=O)C(CN)C(C)C)(C(=O)O)CC1. The van der Waals surface area contributed by atoms with E-state index in [1.807, 2.05) is 13.8 Å². The van der Waals surface area contributed by atoms with Crippen molar-refractivity contribution in [1.82, 2.24) is 5.32 Å². The van der Waals surface area contributed by atoms with Crippen LogP contribution in [0.4, 0.5) is 0 Å². The maximum Gasteiger partial charge on any atom is 0.311 e. The summed E-state index contributed by atoms with van der Waals surface area (Å²) in [5, 5.41) is 12.3. The number of rotatable bonds is 6. The summed E-state index contributed by atoms with van der Waals surface area (Å²) in [6.45, 7) is 6.56. The predicted molar refractivity (Wildman–Crippen MR) is 78.1 cm³/mol. The number of carbonyl (C=O) groups is 2. The Balaban J connectivity index is 2.64. The van der Waals surface area contributed by atoms with Crippen LogP contribution in [0.5, 0.6) is 0 Å². The number of carboxylic acid groups (broad SMARTS) is 1. The Bertz CT molecular complexity index is 347. The van der Waals surface area contributed by atoms with Crippen LogP contribution in [0.15, 0.2) is 0 Å². The average molecular weight is 284 g/mol. The van der Waals surface area contributed by atoms with E-state index in [1.165, 1.54) is 0 Å². The fourth-order valence-electron chi connectivity index (χ4n) is 2.85. The van der Waals surface area contributed by atoms with E-state index in [-0.39, 0.29) is 24.3 Å². The quantitative estimate of drug-likeness (QED) is 0.691. The molecule has 0 heterocycles. The highest BCUT2D eigenvalue weighted by Crippen LogP contribution is 2.38. The third-order valence-corrected chi connectivity index (χ3v) is 4.68. The summed E-state index contributed by atoms with van der Waals surface area (Å²) in [5.74, 6) is -0.429. The Hall–Kier alpha value is -1.10. The van der Waals surface area contributed by atoms with Crippen LogP contribution in [0.25, 0.3) is 0 Å². The predicted octanol–water partition coefficient (Wildman–Crippen LogP) is 1.61. The smallest absolute Gasteiger partial charge is 0.311 e. The van der Waals surface area contributed by atoms with Crippen LogP contribution in [0, 0.1) is 23.2 Å². The zero-order chi connectivity index (χ0) is 15.3. The first-order chi connectivity index (χ1) is 9.32. The summed E-state index contributed by atoms with van der Waals surface area (Å²) in [7, 11) is 0. The molecule has 20 heavy (non-hydrogen) atoms. The molecule has 0 aromatic rings. The molecule has 0 bridgehead atoms. The highest BCUT2D eigenvalue weighted by Gasteiger charge is 2.41. The largest absolute Gasteiger partial charge is 0.481 e. The second-order valence-corrected chi connectivity index (χ2v) is 6.57. The second-order valence-electron chi connectivity index (χ2n) is 6.57. The lowest BCUT2D eigenvalue weighted by Crippen LogP contribution is -2.48. The molecule has 1 unspecified atom stereocenters. The molecule has 1 amide bonds. The molecular weight excluding hydrogens is 256 g/mol. The van der Waals surface area contributed by atoms with E-state index in [4.69, 9.17) is 5.73 Å². The van der Waals surface area contributed by atoms with Gasteiger partial charge in [-0.15, -0.1) is 0 Å². The monoisotopic (exact) mass is 284 g/mol. The molecule has 116 valence electrons. The van der Waals surface area contributed by atoms with Crippen LogP contribution in [-0.2, 0) is 9.59 Å². The molecule has 0 aromatic carbocycles. The Morgan fingerprint density at radius 2 is 1.90 bits per heavy atom. The van der Waals surface area contributed by atoms with E-state index in [2.05, 4.69) is 12.2 Å². The van der Waals surface area contributed by atoms with Gasteiger partial charge < -0.3 is 16.2 Å². The Kier molecular flexibility index (Phi) is 5.99. The van der Waals surface area contributed by atoms with Gasteiger partial charge in [-0.05, 0) is 37.5 Å². The van der Waals surface area contributed by atoms with Crippen LogP contribution in [0.2, 0.25) is 0 Å². The minimum Gasteiger partial charge on any atom is -0.481 e. The Morgan fingerprint density at radius 1 is 1.35 bits per heavy atom. The van der Waals surface area contributed by atoms with Crippen molar-refractivity contribution in [2.24, 2.45) is 28.9 Å². The lowest BCUT2D eigenvalue weighted by molar-refractivity contribution is -0.151. The lowest BCUT2D eigenvalue weighted by Gasteiger charge is -2.36. The molecule has 0 saturated heterocycles. The highest BCUT2D eigenvalue weighted by molar-refractivity contribution is 5.81. The number of hydrogen-bond acceptors (Lipinski definition) is 3. The van der Waals surface area contributed by atoms with Crippen LogP contribution in [-0.4, -0.2) is 30.1 Å². The first-order valence-corrected chi connectivity index (χ1v) is 7.53. The number of nitrogens with one attached hydrogen (secondary N) is 1. The third kappa shape index (κ3) is 3.95. The van der Waals surface area contributed by atoms with E-state index in [9.17, 15) is 14.7 Å². The number of amides is 1. The lowest BCUT2D eigenvalue weighted by atomic mass is 9.70. The van der Waals surface area contributed by atoms with E-state index in [1.54, 1.807) is 0 Å². The van der Waals surface area contributed by atoms with Crippen molar-refractivity contribution in [3.63, 3.8) is 0 Å². The van der Waals surface area contributed by atoms with Gasteiger partial charge >= 0.3 is 5.97 Å². The van der Waals surface area contributed by atoms with Gasteiger partial charge in [-0.2, -0.15) is 0 Å². The first-order valence-electron chi connectivity index (χ1n) is 7.53. The van der Waals surface area contributed by atoms with E-state index >= 15 is 0 Å². The summed E-state index contributed by atoms with van der Waals surface area (Å²) < 4.78 is 0. The van der Waals surface area contributed by atoms with Gasteiger partial charge in [-0.1, -0.05) is 20.8 Å². The van der Waals surface area contributed by atoms with Crippen molar-refractivity contribution in [2.45, 2.75) is 46.5 Å². The molecule has 1 aliphatic rings. The first kappa shape index (κ1) is 17.0. The minimum atomic E-state index is -0.793. The van der Waals surface area contributed by atoms with E-state index in [0.717, 1.165) is 12.8 Å². The molecular formula is C15H28N2O3. The standard InChI is InChI=1S/C15H28N2O3/c1-10(2)12(8-16)13(18)17-9-15(14(19)20)6-4-11(3)5-7-15/h10-12H,4-9,16H2,1-3H3,(H,17,18)(H,19,20). The maximum atomic E-state index is 12.1. The van der Waals surface area contributed by atoms with Crippen molar-refractivity contribution in [1.29, 1.82) is 0 Å². The second kappa shape index (κ2) is 7.07. The molecule has 1 aliphatic carbocycles. The zero-order valence-electron chi connectivity index (χ0n) is 12.8. The molecule has 1 fully saturated rings. The van der Waals surface area contributed by atoms with Crippen LogP contribution in [0.3, 0.4) is 0 Å². The number of carboxylic acids is 1. The Morgan fingerprint density at radius 3 is 2.30 bits per heavy atom. The van der Waals surface area contributed by atoms with Gasteiger partial charge in [0.05, 0.1) is 11.3 Å². The third-order valence-electron chi connectivity index (χ3n) is 4.68. The summed E-state index contributed by atoms with van der Waals surface area (Å²) in [5.41, 5.74) is 4.82. The summed E-state index contributed by atoms with van der Waals surface area (Å²) >= 11 is 0. The number of hydrogen-bond donors (Lipinski definition) is 3. The number of nitrogens with two attached hydrogens (primary N) is 1. The summed E-state index contributed by atoms with van der Waals surface area (Å²) in [6, 6.07) is 0. The van der Waals surface area contributed by atoms with Gasteiger partial charge in [0, 0.05) is 13.1 Å². The fourth-order valence-corrected chi connectivity index (χ4v) is 2.85. The number of carbonyl (C=O) groups excluding carboxylic acids is 1. The van der Waals surface area contributed by atoms with Gasteiger partial charge in [-0.25, -0.2) is 0 Å². The van der Waals surface area contributed by atoms with Crippen LogP contribution < -0.4 is 11.1 Å². The average Bonchev–Trinajstić information content (AvgIpc) is 2.38. The molecule has 4 N–H and O–H groups in total. The topological polar surface area (TPSA) is 92.4 Å². The molecule has 1 rings (SSSR count). The molecule has 5 nitrogen and oxygen atoms in total. The van der Waals surface area contributed by atoms with Crippen molar-refractivity contribution in [3.8, 4) is 0 Å². The normalized spacial score (nSPS) is 28.1. The van der Waals surface area contributed by atoms with Gasteiger partial charge in [0.1, 0.15) is 0 Å². The molecule has 0 spiro atoms. The van der Waals surface area contributed by atoms with Crippen LogP contribution >= 0.6 is 0 Å². The van der Waals surface area contributed by atoms with Crippen molar-refractivity contribution in [3.05, 3.63) is 0 Å². The molecule has 1 saturated carbocycles. The zero-order valence-corrected chi connectivity index (χ0v) is 12.8. The summed E-state index contributed by atoms with van der Waals surface area (Å²) in [4.78, 5) is 23.7. The number of aliphatic carboxylic acids is 1. The van der Waals surface area contributed by atoms with Crippen molar-refractivity contribution < 1.29 is 14.7 Å². The Labute approximate surface area is 121 Å². The molecule has 0 aromatic heterocycles. The van der Waals surface area contributed by atoms with Gasteiger partial charge in [0.2, 0.25) is 5.91 Å². The molecule has 0 aliphatic heterocycles. The van der Waals surface area contributed by atoms with Gasteiger partial charge in [-0.3, -0.25) is 9.59 Å². The summed E-state index contributed by atoms with van der Waals surface area (Å²) in [6.07, 6.45) is 3.09. The highest BCUT2D eigenvalue weighted by atomic mass is 16.4. The molecule has 1 atom stereocenters. The van der Waals surface area contributed by atoms with E-state index < -0.39 is 11.4 Å².